The predicted molar refractivity (Wildman–Crippen MR) is 316 cm³/mol. The van der Waals surface area contributed by atoms with Crippen LogP contribution in [0.4, 0.5) is 0 Å². The third kappa shape index (κ3) is 59.4. The fourth-order valence-electron chi connectivity index (χ4n) is 8.83. The maximum atomic E-state index is 12.3. The van der Waals surface area contributed by atoms with Gasteiger partial charge in [-0.05, 0) is 89.9 Å². The summed E-state index contributed by atoms with van der Waals surface area (Å²) in [6.07, 6.45) is 88.3. The SMILES string of the molecule is CC/C=C\C/C=C\C/C=C\C/C=C\CCCCCCCCCCCCCCCCCCCCCCCCC(=O)OC(CO)COC(=O)CCCCCCCCCCCC/C=C\C/C=C\C/C=C\C/C=C\CC. The summed E-state index contributed by atoms with van der Waals surface area (Å²) >= 11 is 0. The highest BCUT2D eigenvalue weighted by Crippen LogP contribution is 2.17. The molecule has 0 aromatic rings. The molecule has 0 saturated heterocycles. The maximum Gasteiger partial charge on any atom is 0.306 e. The number of esters is 2. The van der Waals surface area contributed by atoms with Crippen molar-refractivity contribution in [1.82, 2.24) is 0 Å². The van der Waals surface area contributed by atoms with E-state index in [1.165, 1.54) is 180 Å². The van der Waals surface area contributed by atoms with Gasteiger partial charge in [-0.1, -0.05) is 291 Å². The van der Waals surface area contributed by atoms with Crippen LogP contribution in [0.2, 0.25) is 0 Å². The number of carbonyl (C=O) groups is 2. The first-order chi connectivity index (χ1) is 35.6. The summed E-state index contributed by atoms with van der Waals surface area (Å²) in [4.78, 5) is 24.6. The van der Waals surface area contributed by atoms with Gasteiger partial charge >= 0.3 is 11.9 Å². The first kappa shape index (κ1) is 68.8. The molecule has 5 nitrogen and oxygen atoms in total. The molecule has 0 bridgehead atoms. The van der Waals surface area contributed by atoms with Crippen molar-refractivity contribution in [2.24, 2.45) is 0 Å². The number of aliphatic hydroxyl groups excluding tert-OH is 1. The second-order valence-electron chi connectivity index (χ2n) is 20.4. The molecule has 1 unspecified atom stereocenters. The average molecular weight is 1000 g/mol. The quantitative estimate of drug-likeness (QED) is 0.0373. The molecular weight excluding hydrogens is 885 g/mol. The Bertz CT molecular complexity index is 1360. The number of hydrogen-bond acceptors (Lipinski definition) is 5. The lowest BCUT2D eigenvalue weighted by Gasteiger charge is -2.15. The van der Waals surface area contributed by atoms with E-state index >= 15 is 0 Å². The van der Waals surface area contributed by atoms with Crippen molar-refractivity contribution in [2.45, 2.75) is 302 Å². The van der Waals surface area contributed by atoms with Crippen molar-refractivity contribution < 1.29 is 24.2 Å². The zero-order chi connectivity index (χ0) is 52.0. The minimum Gasteiger partial charge on any atom is -0.462 e. The van der Waals surface area contributed by atoms with Crippen molar-refractivity contribution in [3.8, 4) is 0 Å². The number of ether oxygens (including phenoxy) is 2. The Morgan fingerprint density at radius 1 is 0.319 bits per heavy atom. The van der Waals surface area contributed by atoms with Crippen LogP contribution >= 0.6 is 0 Å². The average Bonchev–Trinajstić information content (AvgIpc) is 3.38. The molecule has 0 fully saturated rings. The second-order valence-corrected chi connectivity index (χ2v) is 20.4. The van der Waals surface area contributed by atoms with Gasteiger partial charge in [0.15, 0.2) is 6.10 Å². The Hall–Kier alpha value is -3.18. The third-order valence-electron chi connectivity index (χ3n) is 13.4. The summed E-state index contributed by atoms with van der Waals surface area (Å²) in [5, 5.41) is 9.67. The van der Waals surface area contributed by atoms with Crippen molar-refractivity contribution in [3.63, 3.8) is 0 Å². The molecule has 72 heavy (non-hydrogen) atoms. The number of allylic oxidation sites excluding steroid dienone is 16. The van der Waals surface area contributed by atoms with E-state index in [9.17, 15) is 14.7 Å². The molecule has 0 radical (unpaired) electrons. The molecular formula is C67H116O5. The van der Waals surface area contributed by atoms with E-state index < -0.39 is 6.10 Å². The molecule has 0 saturated carbocycles. The molecule has 5 heteroatoms. The van der Waals surface area contributed by atoms with Crippen molar-refractivity contribution in [2.75, 3.05) is 13.2 Å². The van der Waals surface area contributed by atoms with Gasteiger partial charge in [0.1, 0.15) is 6.61 Å². The molecule has 0 amide bonds. The molecule has 0 aliphatic rings. The lowest BCUT2D eigenvalue weighted by molar-refractivity contribution is -0.161. The zero-order valence-corrected chi connectivity index (χ0v) is 47.4. The smallest absolute Gasteiger partial charge is 0.306 e. The number of unbranched alkanes of at least 4 members (excludes halogenated alkanes) is 32. The van der Waals surface area contributed by atoms with Gasteiger partial charge in [0.2, 0.25) is 0 Å². The van der Waals surface area contributed by atoms with E-state index in [2.05, 4.69) is 111 Å². The first-order valence-electron chi connectivity index (χ1n) is 30.8. The van der Waals surface area contributed by atoms with Gasteiger partial charge in [-0.3, -0.25) is 9.59 Å². The first-order valence-corrected chi connectivity index (χ1v) is 30.8. The molecule has 0 heterocycles. The summed E-state index contributed by atoms with van der Waals surface area (Å²) in [6, 6.07) is 0. The minimum atomic E-state index is -0.778. The number of carbonyl (C=O) groups excluding carboxylic acids is 2. The van der Waals surface area contributed by atoms with E-state index in [4.69, 9.17) is 9.47 Å². The van der Waals surface area contributed by atoms with Crippen LogP contribution in [0.25, 0.3) is 0 Å². The van der Waals surface area contributed by atoms with Crippen LogP contribution in [-0.2, 0) is 19.1 Å². The second kappa shape index (κ2) is 62.1. The Labute approximate surface area is 447 Å². The Kier molecular flexibility index (Phi) is 59.4. The fourth-order valence-corrected chi connectivity index (χ4v) is 8.83. The number of rotatable bonds is 56. The number of hydrogen-bond donors (Lipinski definition) is 1. The van der Waals surface area contributed by atoms with Crippen LogP contribution < -0.4 is 0 Å². The Morgan fingerprint density at radius 3 is 0.833 bits per heavy atom. The fraction of sp³-hybridized carbons (Fsp3) is 0.731. The van der Waals surface area contributed by atoms with Gasteiger partial charge < -0.3 is 14.6 Å². The molecule has 414 valence electrons. The van der Waals surface area contributed by atoms with Crippen molar-refractivity contribution in [1.29, 1.82) is 0 Å². The van der Waals surface area contributed by atoms with Gasteiger partial charge in [-0.15, -0.1) is 0 Å². The summed E-state index contributed by atoms with van der Waals surface area (Å²) in [5.74, 6) is -0.587. The van der Waals surface area contributed by atoms with Gasteiger partial charge in [-0.2, -0.15) is 0 Å². The van der Waals surface area contributed by atoms with E-state index in [0.29, 0.717) is 12.8 Å². The Balaban J connectivity index is 3.44. The van der Waals surface area contributed by atoms with Gasteiger partial charge in [0.25, 0.3) is 0 Å². The molecule has 0 rings (SSSR count). The highest BCUT2D eigenvalue weighted by atomic mass is 16.6. The molecule has 1 N–H and O–H groups in total. The van der Waals surface area contributed by atoms with Crippen LogP contribution in [0, 0.1) is 0 Å². The van der Waals surface area contributed by atoms with E-state index in [1.807, 2.05) is 0 Å². The summed E-state index contributed by atoms with van der Waals surface area (Å²) < 4.78 is 10.7. The van der Waals surface area contributed by atoms with Crippen molar-refractivity contribution >= 4 is 11.9 Å². The topological polar surface area (TPSA) is 72.8 Å². The molecule has 0 aromatic carbocycles. The van der Waals surface area contributed by atoms with E-state index in [-0.39, 0.29) is 25.2 Å². The van der Waals surface area contributed by atoms with E-state index in [1.54, 1.807) is 0 Å². The zero-order valence-electron chi connectivity index (χ0n) is 47.4. The van der Waals surface area contributed by atoms with Gasteiger partial charge in [0.05, 0.1) is 6.61 Å². The highest BCUT2D eigenvalue weighted by Gasteiger charge is 2.16. The van der Waals surface area contributed by atoms with Gasteiger partial charge in [0, 0.05) is 12.8 Å². The lowest BCUT2D eigenvalue weighted by Crippen LogP contribution is -2.28. The van der Waals surface area contributed by atoms with Gasteiger partial charge in [-0.25, -0.2) is 0 Å². The molecule has 0 aromatic heterocycles. The van der Waals surface area contributed by atoms with Crippen LogP contribution in [0.15, 0.2) is 97.2 Å². The van der Waals surface area contributed by atoms with Crippen LogP contribution in [0.5, 0.6) is 0 Å². The maximum absolute atomic E-state index is 12.3. The standard InChI is InChI=1S/C67H116O5/c1-3-5-7-9-11-13-15-17-19-21-23-25-27-28-29-30-31-32-33-34-35-36-37-38-40-42-44-46-48-50-52-54-56-58-60-62-67(70)72-65(63-68)64-71-66(69)61-59-57-55-53-51-49-47-45-43-41-39-26-24-22-20-18-16-14-12-10-8-6-4-2/h5-8,11-14,17-20,23-26,65,68H,3-4,9-10,15-16,21-22,27-64H2,1-2H3/b7-5-,8-6-,13-11-,14-12-,19-17-,20-18-,25-23-,26-24-. The minimum absolute atomic E-state index is 0.0688. The monoisotopic (exact) mass is 1000 g/mol. The summed E-state index contributed by atoms with van der Waals surface area (Å²) in [6.45, 7) is 3.94. The van der Waals surface area contributed by atoms with Crippen LogP contribution in [-0.4, -0.2) is 36.4 Å². The molecule has 0 aliphatic carbocycles. The number of aliphatic hydroxyl groups is 1. The largest absolute Gasteiger partial charge is 0.462 e. The van der Waals surface area contributed by atoms with E-state index in [0.717, 1.165) is 89.9 Å². The van der Waals surface area contributed by atoms with Crippen molar-refractivity contribution in [3.05, 3.63) is 97.2 Å². The lowest BCUT2D eigenvalue weighted by atomic mass is 10.0. The molecule has 0 spiro atoms. The normalized spacial score (nSPS) is 12.9. The summed E-state index contributed by atoms with van der Waals surface area (Å²) in [7, 11) is 0. The Morgan fingerprint density at radius 2 is 0.556 bits per heavy atom. The third-order valence-corrected chi connectivity index (χ3v) is 13.4. The van der Waals surface area contributed by atoms with Crippen LogP contribution in [0.1, 0.15) is 296 Å². The van der Waals surface area contributed by atoms with Crippen LogP contribution in [0.3, 0.4) is 0 Å². The molecule has 1 atom stereocenters. The molecule has 0 aliphatic heterocycles. The highest BCUT2D eigenvalue weighted by molar-refractivity contribution is 5.70. The summed E-state index contributed by atoms with van der Waals surface area (Å²) in [5.41, 5.74) is 0. The predicted octanol–water partition coefficient (Wildman–Crippen LogP) is 21.1.